The Labute approximate surface area is 184 Å². The minimum atomic E-state index is -0.824. The van der Waals surface area contributed by atoms with Crippen LogP contribution in [-0.4, -0.2) is 63.5 Å². The van der Waals surface area contributed by atoms with E-state index in [4.69, 9.17) is 26.6 Å². The van der Waals surface area contributed by atoms with Crippen LogP contribution in [0.25, 0.3) is 22.3 Å². The molecule has 0 radical (unpaired) electrons. The fourth-order valence-corrected chi connectivity index (χ4v) is 4.33. The average Bonchev–Trinajstić information content (AvgIpc) is 3.34. The van der Waals surface area contributed by atoms with Crippen molar-refractivity contribution in [2.45, 2.75) is 32.0 Å². The van der Waals surface area contributed by atoms with Gasteiger partial charge in [-0.3, -0.25) is 9.69 Å². The van der Waals surface area contributed by atoms with Gasteiger partial charge >= 0.3 is 0 Å². The number of ether oxygens (including phenoxy) is 1. The molecule has 3 N–H and O–H groups in total. The summed E-state index contributed by atoms with van der Waals surface area (Å²) in [4.78, 5) is 17.5. The van der Waals surface area contributed by atoms with Gasteiger partial charge in [-0.1, -0.05) is 28.9 Å². The normalized spacial score (nSPS) is 16.3. The van der Waals surface area contributed by atoms with Crippen molar-refractivity contribution in [2.24, 2.45) is 11.7 Å². The molecule has 0 spiro atoms. The zero-order valence-electron chi connectivity index (χ0n) is 17.3. The van der Waals surface area contributed by atoms with Crippen LogP contribution in [0.2, 0.25) is 5.02 Å². The van der Waals surface area contributed by atoms with Crippen molar-refractivity contribution in [1.82, 2.24) is 19.6 Å². The summed E-state index contributed by atoms with van der Waals surface area (Å²) >= 11 is 6.55. The van der Waals surface area contributed by atoms with Crippen LogP contribution in [0.5, 0.6) is 0 Å². The Balaban J connectivity index is 1.63. The van der Waals surface area contributed by atoms with Gasteiger partial charge in [-0.25, -0.2) is 0 Å². The van der Waals surface area contributed by atoms with E-state index in [0.29, 0.717) is 22.7 Å². The zero-order valence-corrected chi connectivity index (χ0v) is 18.1. The van der Waals surface area contributed by atoms with Crippen LogP contribution in [0, 0.1) is 5.92 Å². The Morgan fingerprint density at radius 1 is 1.42 bits per heavy atom. The summed E-state index contributed by atoms with van der Waals surface area (Å²) in [6.07, 6.45) is 4.05. The molecule has 3 aromatic rings. The number of hydrogen-bond donors (Lipinski definition) is 2. The fraction of sp³-hybridized carbons (Fsp3) is 0.476. The molecule has 9 nitrogen and oxygen atoms in total. The number of primary amides is 1. The topological polar surface area (TPSA) is 120 Å². The smallest absolute Gasteiger partial charge is 0.241 e. The maximum Gasteiger partial charge on any atom is 0.241 e. The molecule has 0 saturated carbocycles. The van der Waals surface area contributed by atoms with Crippen molar-refractivity contribution in [3.05, 3.63) is 35.3 Å². The van der Waals surface area contributed by atoms with Gasteiger partial charge in [-0.05, 0) is 31.9 Å². The first kappa shape index (κ1) is 21.8. The summed E-state index contributed by atoms with van der Waals surface area (Å²) in [6.45, 7) is 2.21. The molecule has 1 amide bonds. The molecule has 2 aromatic heterocycles. The van der Waals surface area contributed by atoms with Gasteiger partial charge in [-0.15, -0.1) is 0 Å². The number of nitrogens with zero attached hydrogens (tertiary/aromatic N) is 4. The largest absolute Gasteiger partial charge is 0.394 e. The second-order valence-electron chi connectivity index (χ2n) is 7.91. The molecule has 0 bridgehead atoms. The molecular weight excluding hydrogens is 422 g/mol. The summed E-state index contributed by atoms with van der Waals surface area (Å²) < 4.78 is 13.1. The van der Waals surface area contributed by atoms with E-state index in [1.807, 2.05) is 24.4 Å². The van der Waals surface area contributed by atoms with E-state index >= 15 is 0 Å². The number of likely N-dealkylation sites (N-methyl/N-ethyl adjacent to an activating group) is 1. The number of benzene rings is 1. The fourth-order valence-electron chi connectivity index (χ4n) is 4.04. The third-order valence-electron chi connectivity index (χ3n) is 5.77. The van der Waals surface area contributed by atoms with E-state index in [2.05, 4.69) is 14.7 Å². The first-order valence-electron chi connectivity index (χ1n) is 10.3. The zero-order chi connectivity index (χ0) is 22.0. The second-order valence-corrected chi connectivity index (χ2v) is 8.32. The Bertz CT molecular complexity index is 1060. The van der Waals surface area contributed by atoms with Crippen molar-refractivity contribution in [3.63, 3.8) is 0 Å². The molecule has 1 aliphatic rings. The molecule has 166 valence electrons. The lowest BCUT2D eigenvalue weighted by Crippen LogP contribution is -2.44. The predicted molar refractivity (Wildman–Crippen MR) is 115 cm³/mol. The summed E-state index contributed by atoms with van der Waals surface area (Å²) in [5, 5.41) is 15.1. The quantitative estimate of drug-likeness (QED) is 0.542. The second kappa shape index (κ2) is 9.35. The van der Waals surface area contributed by atoms with Crippen LogP contribution in [-0.2, 0) is 22.6 Å². The van der Waals surface area contributed by atoms with Crippen molar-refractivity contribution in [2.75, 3.05) is 26.9 Å². The third kappa shape index (κ3) is 4.59. The Morgan fingerprint density at radius 3 is 2.90 bits per heavy atom. The number of aromatic nitrogens is 3. The molecule has 31 heavy (non-hydrogen) atoms. The van der Waals surface area contributed by atoms with Crippen LogP contribution in [0.4, 0.5) is 0 Å². The minimum absolute atomic E-state index is 0.183. The van der Waals surface area contributed by atoms with Crippen LogP contribution >= 0.6 is 11.6 Å². The van der Waals surface area contributed by atoms with Crippen LogP contribution < -0.4 is 5.73 Å². The van der Waals surface area contributed by atoms with Gasteiger partial charge in [-0.2, -0.15) is 4.98 Å². The highest BCUT2D eigenvalue weighted by molar-refractivity contribution is 6.35. The number of rotatable bonds is 8. The lowest BCUT2D eigenvalue weighted by molar-refractivity contribution is -0.124. The Morgan fingerprint density at radius 2 is 2.19 bits per heavy atom. The summed E-state index contributed by atoms with van der Waals surface area (Å²) in [6, 6.07) is 4.95. The number of amides is 1. The van der Waals surface area contributed by atoms with Gasteiger partial charge in [0.1, 0.15) is 6.04 Å². The number of nitrogens with two attached hydrogens (primary N) is 1. The average molecular weight is 448 g/mol. The SMILES string of the molecule is CN(Cc1nc(-c2cn(CC3CCOCC3)c3c(Cl)cccc23)no1)[C@@H](CO)C(N)=O. The van der Waals surface area contributed by atoms with Crippen molar-refractivity contribution in [1.29, 1.82) is 0 Å². The molecule has 10 heteroatoms. The lowest BCUT2D eigenvalue weighted by atomic mass is 10.0. The van der Waals surface area contributed by atoms with Crippen molar-refractivity contribution in [3.8, 4) is 11.4 Å². The number of aliphatic hydroxyl groups excluding tert-OH is 1. The number of para-hydroxylation sites is 1. The maximum absolute atomic E-state index is 11.5. The molecular formula is C21H26ClN5O4. The molecule has 1 fully saturated rings. The minimum Gasteiger partial charge on any atom is -0.394 e. The molecule has 0 aliphatic carbocycles. The van der Waals surface area contributed by atoms with E-state index < -0.39 is 11.9 Å². The molecule has 0 unspecified atom stereocenters. The van der Waals surface area contributed by atoms with Gasteiger partial charge < -0.3 is 24.7 Å². The number of carbonyl (C=O) groups is 1. The molecule has 4 rings (SSSR count). The van der Waals surface area contributed by atoms with Crippen molar-refractivity contribution >= 4 is 28.4 Å². The highest BCUT2D eigenvalue weighted by Crippen LogP contribution is 2.34. The van der Waals surface area contributed by atoms with Crippen molar-refractivity contribution < 1.29 is 19.2 Å². The molecule has 3 heterocycles. The number of aliphatic hydroxyl groups is 1. The van der Waals surface area contributed by atoms with Crippen LogP contribution in [0.3, 0.4) is 0 Å². The molecule has 1 atom stereocenters. The van der Waals surface area contributed by atoms with Gasteiger partial charge in [0.25, 0.3) is 0 Å². The molecule has 1 aromatic carbocycles. The first-order valence-corrected chi connectivity index (χ1v) is 10.6. The number of hydrogen-bond acceptors (Lipinski definition) is 7. The predicted octanol–water partition coefficient (Wildman–Crippen LogP) is 2.05. The number of fused-ring (bicyclic) bond motifs is 1. The van der Waals surface area contributed by atoms with E-state index in [0.717, 1.165) is 49.1 Å². The monoisotopic (exact) mass is 447 g/mol. The van der Waals surface area contributed by atoms with E-state index in [-0.39, 0.29) is 13.2 Å². The first-order chi connectivity index (χ1) is 15.0. The molecule has 1 aliphatic heterocycles. The third-order valence-corrected chi connectivity index (χ3v) is 6.08. The molecule has 1 saturated heterocycles. The maximum atomic E-state index is 11.5. The summed E-state index contributed by atoms with van der Waals surface area (Å²) in [5.41, 5.74) is 7.10. The lowest BCUT2D eigenvalue weighted by Gasteiger charge is -2.23. The van der Waals surface area contributed by atoms with E-state index in [1.165, 1.54) is 0 Å². The van der Waals surface area contributed by atoms with E-state index in [9.17, 15) is 9.90 Å². The van der Waals surface area contributed by atoms with Gasteiger partial charge in [0.2, 0.25) is 17.6 Å². The highest BCUT2D eigenvalue weighted by Gasteiger charge is 2.24. The summed E-state index contributed by atoms with van der Waals surface area (Å²) in [7, 11) is 1.66. The van der Waals surface area contributed by atoms with Gasteiger partial charge in [0.05, 0.1) is 23.7 Å². The van der Waals surface area contributed by atoms with Crippen LogP contribution in [0.15, 0.2) is 28.9 Å². The summed E-state index contributed by atoms with van der Waals surface area (Å²) in [5.74, 6) is 0.674. The highest BCUT2D eigenvalue weighted by atomic mass is 35.5. The van der Waals surface area contributed by atoms with E-state index in [1.54, 1.807) is 11.9 Å². The standard InChI is InChI=1S/C21H26ClN5O4/c1-26(17(12-28)20(23)29)11-18-24-21(25-31-18)15-10-27(9-13-5-7-30-8-6-13)19-14(15)3-2-4-16(19)22/h2-4,10,13,17,28H,5-9,11-12H2,1H3,(H2,23,29)/t17-/m0/s1. The van der Waals surface area contributed by atoms with Crippen LogP contribution in [0.1, 0.15) is 18.7 Å². The Hall–Kier alpha value is -2.46. The Kier molecular flexibility index (Phi) is 6.57. The van der Waals surface area contributed by atoms with Gasteiger partial charge in [0.15, 0.2) is 0 Å². The number of halogens is 1. The number of carbonyl (C=O) groups excluding carboxylic acids is 1. The van der Waals surface area contributed by atoms with Gasteiger partial charge in [0, 0.05) is 36.9 Å².